The molecule has 1 aliphatic carbocycles. The van der Waals surface area contributed by atoms with Gasteiger partial charge >= 0.3 is 0 Å². The lowest BCUT2D eigenvalue weighted by molar-refractivity contribution is -0.117. The predicted molar refractivity (Wildman–Crippen MR) is 93.2 cm³/mol. The number of aliphatic hydroxyl groups excluding tert-OH is 1. The summed E-state index contributed by atoms with van der Waals surface area (Å²) in [5.74, 6) is -1.19. The summed E-state index contributed by atoms with van der Waals surface area (Å²) in [6.07, 6.45) is 2.45. The number of alkyl halides is 1. The molecule has 0 bridgehead atoms. The molecule has 1 aliphatic rings. The van der Waals surface area contributed by atoms with Crippen LogP contribution in [0.15, 0.2) is 36.7 Å². The van der Waals surface area contributed by atoms with Crippen molar-refractivity contribution in [2.45, 2.75) is 19.2 Å². The minimum Gasteiger partial charge on any atom is -0.392 e. The van der Waals surface area contributed by atoms with Crippen LogP contribution in [0, 0.1) is 11.7 Å². The number of nitrogens with one attached hydrogen (secondary N) is 1. The van der Waals surface area contributed by atoms with Gasteiger partial charge in [-0.2, -0.15) is 0 Å². The lowest BCUT2D eigenvalue weighted by Gasteiger charge is -2.10. The zero-order chi connectivity index (χ0) is 18.4. The molecular weight excluding hydrogens is 364 g/mol. The zero-order valence-electron chi connectivity index (χ0n) is 13.4. The minimum absolute atomic E-state index is 0.145. The number of aromatic nitrogens is 2. The number of hydrogen-bond donors (Lipinski definition) is 2. The number of amides is 1. The molecule has 2 heterocycles. The van der Waals surface area contributed by atoms with Crippen molar-refractivity contribution >= 4 is 29.0 Å². The molecule has 2 unspecified atom stereocenters. The number of imidazole rings is 1. The van der Waals surface area contributed by atoms with Gasteiger partial charge in [0.1, 0.15) is 17.6 Å². The molecule has 0 saturated heterocycles. The molecule has 1 amide bonds. The fraction of sp³-hybridized carbons (Fsp3) is 0.222. The summed E-state index contributed by atoms with van der Waals surface area (Å²) in [6, 6.07) is 5.86. The van der Waals surface area contributed by atoms with Gasteiger partial charge in [0, 0.05) is 16.8 Å². The third-order valence-electron chi connectivity index (χ3n) is 4.38. The van der Waals surface area contributed by atoms with Crippen molar-refractivity contribution in [2.24, 2.45) is 5.92 Å². The Balaban J connectivity index is 1.69. The molecule has 2 N–H and O–H groups in total. The van der Waals surface area contributed by atoms with Crippen LogP contribution < -0.4 is 5.32 Å². The van der Waals surface area contributed by atoms with Crippen molar-refractivity contribution in [1.82, 2.24) is 9.38 Å². The van der Waals surface area contributed by atoms with E-state index in [2.05, 4.69) is 10.3 Å². The van der Waals surface area contributed by atoms with Crippen LogP contribution in [0.3, 0.4) is 0 Å². The zero-order valence-corrected chi connectivity index (χ0v) is 14.2. The Labute approximate surface area is 152 Å². The molecule has 8 heteroatoms. The average Bonchev–Trinajstić information content (AvgIpc) is 3.19. The van der Waals surface area contributed by atoms with Crippen molar-refractivity contribution in [1.29, 1.82) is 0 Å². The van der Waals surface area contributed by atoms with Crippen molar-refractivity contribution in [3.05, 3.63) is 53.1 Å². The van der Waals surface area contributed by atoms with Crippen molar-refractivity contribution in [3.8, 4) is 11.1 Å². The Bertz CT molecular complexity index is 1020. The van der Waals surface area contributed by atoms with Crippen LogP contribution in [-0.4, -0.2) is 26.6 Å². The predicted octanol–water partition coefficient (Wildman–Crippen LogP) is 3.58. The smallest absolute Gasteiger partial charge is 0.231 e. The van der Waals surface area contributed by atoms with Gasteiger partial charge in [-0.1, -0.05) is 11.6 Å². The van der Waals surface area contributed by atoms with E-state index in [1.54, 1.807) is 28.9 Å². The molecule has 1 saturated carbocycles. The standard InChI is InChI=1S/C18H14ClF2N3O2/c19-14-4-10(20)3-11(13(14)8-25)9-1-2-17-22-16(7-24(17)6-9)23-18(26)12-5-15(12)21/h1-4,6-7,12,15,25H,5,8H2,(H,23,26). The normalized spacial score (nSPS) is 18.9. The maximum absolute atomic E-state index is 13.7. The van der Waals surface area contributed by atoms with E-state index in [9.17, 15) is 18.7 Å². The third-order valence-corrected chi connectivity index (χ3v) is 4.72. The summed E-state index contributed by atoms with van der Waals surface area (Å²) >= 11 is 6.01. The molecule has 1 fully saturated rings. The van der Waals surface area contributed by atoms with Crippen LogP contribution in [0.1, 0.15) is 12.0 Å². The van der Waals surface area contributed by atoms with E-state index in [-0.39, 0.29) is 24.0 Å². The van der Waals surface area contributed by atoms with E-state index < -0.39 is 17.9 Å². The van der Waals surface area contributed by atoms with Gasteiger partial charge in [0.15, 0.2) is 5.82 Å². The first kappa shape index (κ1) is 16.9. The summed E-state index contributed by atoms with van der Waals surface area (Å²) in [4.78, 5) is 16.1. The Kier molecular flexibility index (Phi) is 4.13. The molecule has 2 aromatic heterocycles. The maximum atomic E-state index is 13.7. The van der Waals surface area contributed by atoms with E-state index in [4.69, 9.17) is 11.6 Å². The lowest BCUT2D eigenvalue weighted by Crippen LogP contribution is -2.15. The number of hydrogen-bond acceptors (Lipinski definition) is 3. The Hall–Kier alpha value is -2.51. The highest BCUT2D eigenvalue weighted by atomic mass is 35.5. The summed E-state index contributed by atoms with van der Waals surface area (Å²) in [7, 11) is 0. The molecule has 0 spiro atoms. The SMILES string of the molecule is O=C(Nc1cn2cc(-c3cc(F)cc(Cl)c3CO)ccc2n1)C1CC1F. The minimum atomic E-state index is -1.08. The van der Waals surface area contributed by atoms with Crippen LogP contribution in [-0.2, 0) is 11.4 Å². The number of anilines is 1. The number of pyridine rings is 1. The number of carbonyl (C=O) groups excluding carboxylic acids is 1. The number of halogens is 3. The van der Waals surface area contributed by atoms with Gasteiger partial charge in [0.2, 0.25) is 5.91 Å². The van der Waals surface area contributed by atoms with Crippen molar-refractivity contribution < 1.29 is 18.7 Å². The molecular formula is C18H14ClF2N3O2. The van der Waals surface area contributed by atoms with Crippen molar-refractivity contribution in [2.75, 3.05) is 5.32 Å². The van der Waals surface area contributed by atoms with Crippen LogP contribution in [0.4, 0.5) is 14.6 Å². The van der Waals surface area contributed by atoms with Gasteiger partial charge in [-0.05, 0) is 41.8 Å². The van der Waals surface area contributed by atoms with Gasteiger partial charge in [-0.25, -0.2) is 13.8 Å². The van der Waals surface area contributed by atoms with E-state index in [1.165, 1.54) is 6.07 Å². The maximum Gasteiger partial charge on any atom is 0.231 e. The second kappa shape index (κ2) is 6.34. The monoisotopic (exact) mass is 377 g/mol. The number of carbonyl (C=O) groups is 1. The van der Waals surface area contributed by atoms with Crippen LogP contribution in [0.25, 0.3) is 16.8 Å². The van der Waals surface area contributed by atoms with E-state index in [0.29, 0.717) is 28.2 Å². The number of fused-ring (bicyclic) bond motifs is 1. The first-order valence-electron chi connectivity index (χ1n) is 7.99. The first-order chi connectivity index (χ1) is 12.5. The second-order valence-electron chi connectivity index (χ2n) is 6.23. The number of benzene rings is 1. The average molecular weight is 378 g/mol. The second-order valence-corrected chi connectivity index (χ2v) is 6.64. The van der Waals surface area contributed by atoms with Gasteiger partial charge in [-0.3, -0.25) is 4.79 Å². The Morgan fingerprint density at radius 3 is 2.85 bits per heavy atom. The van der Waals surface area contributed by atoms with Crippen LogP contribution >= 0.6 is 11.6 Å². The fourth-order valence-corrected chi connectivity index (χ4v) is 3.15. The largest absolute Gasteiger partial charge is 0.392 e. The Morgan fingerprint density at radius 2 is 2.15 bits per heavy atom. The Morgan fingerprint density at radius 1 is 1.38 bits per heavy atom. The van der Waals surface area contributed by atoms with E-state index in [1.807, 2.05) is 0 Å². The molecule has 0 radical (unpaired) electrons. The molecule has 134 valence electrons. The lowest BCUT2D eigenvalue weighted by atomic mass is 10.0. The molecule has 2 atom stereocenters. The van der Waals surface area contributed by atoms with Crippen molar-refractivity contribution in [3.63, 3.8) is 0 Å². The summed E-state index contributed by atoms with van der Waals surface area (Å²) in [5, 5.41) is 12.3. The van der Waals surface area contributed by atoms with Gasteiger partial charge in [0.05, 0.1) is 18.7 Å². The molecule has 1 aromatic carbocycles. The molecule has 26 heavy (non-hydrogen) atoms. The molecule has 3 aromatic rings. The number of nitrogens with zero attached hydrogens (tertiary/aromatic N) is 2. The molecule has 4 rings (SSSR count). The number of aliphatic hydroxyl groups is 1. The molecule has 0 aliphatic heterocycles. The van der Waals surface area contributed by atoms with E-state index in [0.717, 1.165) is 6.07 Å². The third kappa shape index (κ3) is 3.04. The summed E-state index contributed by atoms with van der Waals surface area (Å²) < 4.78 is 28.4. The van der Waals surface area contributed by atoms with E-state index >= 15 is 0 Å². The van der Waals surface area contributed by atoms with Crippen LogP contribution in [0.5, 0.6) is 0 Å². The highest BCUT2D eigenvalue weighted by Crippen LogP contribution is 2.35. The highest BCUT2D eigenvalue weighted by Gasteiger charge is 2.43. The van der Waals surface area contributed by atoms with Crippen LogP contribution in [0.2, 0.25) is 5.02 Å². The topological polar surface area (TPSA) is 66.6 Å². The van der Waals surface area contributed by atoms with Gasteiger partial charge in [-0.15, -0.1) is 0 Å². The summed E-state index contributed by atoms with van der Waals surface area (Å²) in [5.41, 5.74) is 2.08. The molecule has 5 nitrogen and oxygen atoms in total. The number of rotatable bonds is 4. The fourth-order valence-electron chi connectivity index (χ4n) is 2.89. The highest BCUT2D eigenvalue weighted by molar-refractivity contribution is 6.31. The first-order valence-corrected chi connectivity index (χ1v) is 8.37. The van der Waals surface area contributed by atoms with Gasteiger partial charge < -0.3 is 14.8 Å². The van der Waals surface area contributed by atoms with Gasteiger partial charge in [0.25, 0.3) is 0 Å². The quantitative estimate of drug-likeness (QED) is 0.730. The summed E-state index contributed by atoms with van der Waals surface area (Å²) in [6.45, 7) is -0.330.